The lowest BCUT2D eigenvalue weighted by Crippen LogP contribution is -2.16. The summed E-state index contributed by atoms with van der Waals surface area (Å²) in [6, 6.07) is 3.42. The Kier molecular flexibility index (Phi) is 5.39. The maximum Gasteiger partial charge on any atom is 0.220 e. The second kappa shape index (κ2) is 7.40. The number of nitrogens with zero attached hydrogens (tertiary/aromatic N) is 3. The molecule has 1 aromatic heterocycles. The Labute approximate surface area is 158 Å². The number of hydrogen-bond donors (Lipinski definition) is 1. The fourth-order valence-corrected chi connectivity index (χ4v) is 5.69. The van der Waals surface area contributed by atoms with Crippen molar-refractivity contribution in [1.29, 1.82) is 0 Å². The van der Waals surface area contributed by atoms with Crippen LogP contribution in [-0.2, 0) is 23.2 Å². The highest BCUT2D eigenvalue weighted by atomic mass is 35.5. The molecule has 0 unspecified atom stereocenters. The maximum atomic E-state index is 13.0. The molecule has 0 bridgehead atoms. The zero-order chi connectivity index (χ0) is 18.9. The van der Waals surface area contributed by atoms with Gasteiger partial charge in [0.15, 0.2) is 0 Å². The van der Waals surface area contributed by atoms with Crippen molar-refractivity contribution in [1.82, 2.24) is 9.78 Å². The van der Waals surface area contributed by atoms with E-state index >= 15 is 0 Å². The van der Waals surface area contributed by atoms with Gasteiger partial charge in [-0.3, -0.25) is 4.79 Å². The Morgan fingerprint density at radius 2 is 2.00 bits per heavy atom. The summed E-state index contributed by atoms with van der Waals surface area (Å²) in [6.07, 6.45) is 4.83. The normalized spacial score (nSPS) is 16.4. The molecule has 0 saturated carbocycles. The molecule has 0 aliphatic carbocycles. The van der Waals surface area contributed by atoms with E-state index in [4.69, 9.17) is 11.6 Å². The van der Waals surface area contributed by atoms with Crippen molar-refractivity contribution >= 4 is 32.8 Å². The second-order valence-electron chi connectivity index (χ2n) is 6.46. The summed E-state index contributed by atoms with van der Waals surface area (Å²) in [7, 11) is -0.802. The minimum atomic E-state index is -2.35. The summed E-state index contributed by atoms with van der Waals surface area (Å²) in [4.78, 5) is 12.8. The van der Waals surface area contributed by atoms with Crippen molar-refractivity contribution in [3.63, 3.8) is 0 Å². The standard InChI is InChI=1S/C18H22ClN3O3S/c1-3-12-7-8-13(17(23)14-11-20-22(2)18(14)24)15(19)16(12)21-26(25)9-5-4-6-10-26/h7-8,11,24H,3-6,9-10H2,1-2H3. The van der Waals surface area contributed by atoms with Gasteiger partial charge in [-0.05, 0) is 30.9 Å². The average molecular weight is 396 g/mol. The molecule has 6 nitrogen and oxygen atoms in total. The van der Waals surface area contributed by atoms with E-state index in [1.54, 1.807) is 19.2 Å². The number of aryl methyl sites for hydroxylation is 2. The molecule has 0 spiro atoms. The average Bonchev–Trinajstić information content (AvgIpc) is 2.96. The molecule has 26 heavy (non-hydrogen) atoms. The molecule has 0 radical (unpaired) electrons. The van der Waals surface area contributed by atoms with Crippen LogP contribution in [0, 0.1) is 0 Å². The van der Waals surface area contributed by atoms with Gasteiger partial charge < -0.3 is 5.11 Å². The van der Waals surface area contributed by atoms with Crippen LogP contribution in [0.5, 0.6) is 5.88 Å². The number of ketones is 1. The van der Waals surface area contributed by atoms with Gasteiger partial charge in [0.05, 0.1) is 26.6 Å². The van der Waals surface area contributed by atoms with E-state index < -0.39 is 15.5 Å². The third-order valence-corrected chi connectivity index (χ3v) is 7.41. The van der Waals surface area contributed by atoms with E-state index in [-0.39, 0.29) is 22.0 Å². The highest BCUT2D eigenvalue weighted by molar-refractivity contribution is 7.93. The Hall–Kier alpha value is -1.86. The Morgan fingerprint density at radius 3 is 2.58 bits per heavy atom. The summed E-state index contributed by atoms with van der Waals surface area (Å²) in [5.74, 6) is 0.475. The molecule has 1 N–H and O–H groups in total. The van der Waals surface area contributed by atoms with E-state index in [1.807, 2.05) is 6.92 Å². The van der Waals surface area contributed by atoms with Crippen molar-refractivity contribution < 1.29 is 14.1 Å². The fourth-order valence-electron chi connectivity index (χ4n) is 3.09. The van der Waals surface area contributed by atoms with Crippen LogP contribution in [0.3, 0.4) is 0 Å². The van der Waals surface area contributed by atoms with Crippen LogP contribution in [0.15, 0.2) is 22.7 Å². The number of carbonyl (C=O) groups excluding carboxylic acids is 1. The van der Waals surface area contributed by atoms with Crippen molar-refractivity contribution in [2.45, 2.75) is 32.6 Å². The molecule has 1 fully saturated rings. The lowest BCUT2D eigenvalue weighted by molar-refractivity contribution is 0.103. The highest BCUT2D eigenvalue weighted by Crippen LogP contribution is 2.36. The van der Waals surface area contributed by atoms with Gasteiger partial charge in [-0.25, -0.2) is 8.89 Å². The van der Waals surface area contributed by atoms with E-state index in [2.05, 4.69) is 9.46 Å². The summed E-state index contributed by atoms with van der Waals surface area (Å²) < 4.78 is 18.8. The molecule has 1 aliphatic rings. The van der Waals surface area contributed by atoms with E-state index in [0.29, 0.717) is 23.6 Å². The topological polar surface area (TPSA) is 84.6 Å². The predicted molar refractivity (Wildman–Crippen MR) is 103 cm³/mol. The van der Waals surface area contributed by atoms with Crippen LogP contribution in [-0.4, -0.2) is 36.4 Å². The number of benzene rings is 1. The second-order valence-corrected chi connectivity index (χ2v) is 9.38. The lowest BCUT2D eigenvalue weighted by atomic mass is 10.0. The number of hydrogen-bond acceptors (Lipinski definition) is 5. The molecule has 2 heterocycles. The van der Waals surface area contributed by atoms with Gasteiger partial charge in [-0.2, -0.15) is 9.46 Å². The lowest BCUT2D eigenvalue weighted by Gasteiger charge is -2.17. The summed E-state index contributed by atoms with van der Waals surface area (Å²) >= 11 is 6.53. The van der Waals surface area contributed by atoms with Gasteiger partial charge >= 0.3 is 0 Å². The van der Waals surface area contributed by atoms with Crippen LogP contribution < -0.4 is 0 Å². The third kappa shape index (κ3) is 3.50. The molecule has 140 valence electrons. The number of aromatic hydroxyl groups is 1. The molecular formula is C18H22ClN3O3S. The highest BCUT2D eigenvalue weighted by Gasteiger charge is 2.23. The van der Waals surface area contributed by atoms with Crippen LogP contribution in [0.25, 0.3) is 0 Å². The quantitative estimate of drug-likeness (QED) is 0.796. The third-order valence-electron chi connectivity index (χ3n) is 4.66. The molecule has 0 atom stereocenters. The van der Waals surface area contributed by atoms with Crippen LogP contribution >= 0.6 is 11.6 Å². The smallest absolute Gasteiger partial charge is 0.220 e. The molecule has 1 aromatic carbocycles. The SMILES string of the molecule is CCc1ccc(C(=O)c2cnn(C)c2O)c(Cl)c1N=S1(=O)CCCCC1. The molecule has 1 aliphatic heterocycles. The Balaban J connectivity index is 2.12. The van der Waals surface area contributed by atoms with Crippen molar-refractivity contribution in [2.75, 3.05) is 11.5 Å². The number of aromatic nitrogens is 2. The summed E-state index contributed by atoms with van der Waals surface area (Å²) in [5, 5.41) is 14.1. The van der Waals surface area contributed by atoms with Crippen LogP contribution in [0.4, 0.5) is 5.69 Å². The monoisotopic (exact) mass is 395 g/mol. The molecule has 0 amide bonds. The van der Waals surface area contributed by atoms with Gasteiger partial charge in [0.25, 0.3) is 0 Å². The van der Waals surface area contributed by atoms with Crippen molar-refractivity contribution in [3.05, 3.63) is 40.0 Å². The maximum absolute atomic E-state index is 13.0. The Morgan fingerprint density at radius 1 is 1.31 bits per heavy atom. The van der Waals surface area contributed by atoms with Crippen LogP contribution in [0.2, 0.25) is 5.02 Å². The first-order valence-corrected chi connectivity index (χ1v) is 10.9. The first-order valence-electron chi connectivity index (χ1n) is 8.66. The minimum absolute atomic E-state index is 0.0754. The largest absolute Gasteiger partial charge is 0.493 e. The first kappa shape index (κ1) is 18.9. The van der Waals surface area contributed by atoms with E-state index in [9.17, 15) is 14.1 Å². The zero-order valence-corrected chi connectivity index (χ0v) is 16.4. The molecule has 8 heteroatoms. The number of carbonyl (C=O) groups is 1. The van der Waals surface area contributed by atoms with Gasteiger partial charge in [-0.15, -0.1) is 0 Å². The van der Waals surface area contributed by atoms with Gasteiger partial charge in [-0.1, -0.05) is 31.0 Å². The van der Waals surface area contributed by atoms with Crippen molar-refractivity contribution in [3.8, 4) is 5.88 Å². The van der Waals surface area contributed by atoms with Gasteiger partial charge in [0.2, 0.25) is 11.7 Å². The van der Waals surface area contributed by atoms with E-state index in [0.717, 1.165) is 24.8 Å². The summed E-state index contributed by atoms with van der Waals surface area (Å²) in [6.45, 7) is 1.97. The molecular weight excluding hydrogens is 374 g/mol. The number of halogens is 1. The van der Waals surface area contributed by atoms with Gasteiger partial charge in [0, 0.05) is 24.1 Å². The van der Waals surface area contributed by atoms with E-state index in [1.165, 1.54) is 10.9 Å². The summed E-state index contributed by atoms with van der Waals surface area (Å²) in [5.41, 5.74) is 1.60. The zero-order valence-electron chi connectivity index (χ0n) is 14.9. The molecule has 1 saturated heterocycles. The van der Waals surface area contributed by atoms with Crippen molar-refractivity contribution in [2.24, 2.45) is 11.4 Å². The Bertz CT molecular complexity index is 962. The predicted octanol–water partition coefficient (Wildman–Crippen LogP) is 3.86. The number of rotatable bonds is 4. The minimum Gasteiger partial charge on any atom is -0.493 e. The van der Waals surface area contributed by atoms with Gasteiger partial charge in [0.1, 0.15) is 5.56 Å². The first-order chi connectivity index (χ1) is 12.4. The van der Waals surface area contributed by atoms with Crippen LogP contribution in [0.1, 0.15) is 47.7 Å². The molecule has 3 rings (SSSR count). The fraction of sp³-hybridized carbons (Fsp3) is 0.444. The molecule has 2 aromatic rings.